The molecule has 0 aliphatic carbocycles. The highest BCUT2D eigenvalue weighted by molar-refractivity contribution is 7.15. The molecule has 0 spiro atoms. The number of hydrogen-bond donors (Lipinski definition) is 0. The Balaban J connectivity index is 1.65. The minimum Gasteiger partial charge on any atom is -0.391 e. The zero-order chi connectivity index (χ0) is 17.8. The predicted octanol–water partition coefficient (Wildman–Crippen LogP) is 3.73. The minimum atomic E-state index is 0.300. The van der Waals surface area contributed by atoms with Gasteiger partial charge in [0.1, 0.15) is 23.2 Å². The fraction of sp³-hybridized carbons (Fsp3) is 0.267. The van der Waals surface area contributed by atoms with E-state index >= 15 is 0 Å². The summed E-state index contributed by atoms with van der Waals surface area (Å²) in [6.07, 6.45) is 3.38. The van der Waals surface area contributed by atoms with Crippen molar-refractivity contribution in [2.45, 2.75) is 27.0 Å². The molecule has 130 valence electrons. The van der Waals surface area contributed by atoms with E-state index in [1.807, 2.05) is 19.9 Å². The maximum absolute atomic E-state index is 5.85. The van der Waals surface area contributed by atoms with Crippen molar-refractivity contribution in [3.8, 4) is 0 Å². The summed E-state index contributed by atoms with van der Waals surface area (Å²) in [7, 11) is 0. The molecule has 0 aromatic carbocycles. The Kier molecular flexibility index (Phi) is 5.62. The standard InChI is InChI=1S/C15H14Cl2N6OS/c1-9(21-24-8-11-3-4-13(16)18-5-11)14-10(2)23(22-20-14)7-12-6-19-15(17)25-12/h3-6H,7-8H2,1-2H3/b21-9+. The monoisotopic (exact) mass is 396 g/mol. The van der Waals surface area contributed by atoms with Crippen molar-refractivity contribution in [2.75, 3.05) is 0 Å². The van der Waals surface area contributed by atoms with E-state index in [0.29, 0.717) is 34.2 Å². The molecular weight excluding hydrogens is 383 g/mol. The van der Waals surface area contributed by atoms with Crippen LogP contribution in [0.4, 0.5) is 0 Å². The van der Waals surface area contributed by atoms with Gasteiger partial charge in [0.25, 0.3) is 0 Å². The van der Waals surface area contributed by atoms with Crippen LogP contribution in [-0.2, 0) is 18.0 Å². The van der Waals surface area contributed by atoms with Gasteiger partial charge in [0.05, 0.1) is 12.2 Å². The van der Waals surface area contributed by atoms with Gasteiger partial charge in [0, 0.05) is 22.8 Å². The van der Waals surface area contributed by atoms with E-state index in [1.54, 1.807) is 23.1 Å². The fourth-order valence-corrected chi connectivity index (χ4v) is 3.16. The molecule has 0 radical (unpaired) electrons. The molecule has 3 rings (SSSR count). The molecule has 3 aromatic rings. The number of oxime groups is 1. The summed E-state index contributed by atoms with van der Waals surface area (Å²) in [5, 5.41) is 12.9. The minimum absolute atomic E-state index is 0.300. The van der Waals surface area contributed by atoms with Gasteiger partial charge in [-0.2, -0.15) is 0 Å². The third-order valence-corrected chi connectivity index (χ3v) is 4.70. The van der Waals surface area contributed by atoms with Crippen LogP contribution >= 0.6 is 34.5 Å². The third kappa shape index (κ3) is 4.53. The van der Waals surface area contributed by atoms with E-state index in [-0.39, 0.29) is 0 Å². The summed E-state index contributed by atoms with van der Waals surface area (Å²) in [6, 6.07) is 3.54. The summed E-state index contributed by atoms with van der Waals surface area (Å²) in [5.41, 5.74) is 3.10. The van der Waals surface area contributed by atoms with Gasteiger partial charge in [-0.1, -0.05) is 39.6 Å². The number of thiazole rings is 1. The lowest BCUT2D eigenvalue weighted by molar-refractivity contribution is 0.130. The average Bonchev–Trinajstić information content (AvgIpc) is 3.16. The van der Waals surface area contributed by atoms with Crippen LogP contribution in [0.3, 0.4) is 0 Å². The molecule has 0 unspecified atom stereocenters. The lowest BCUT2D eigenvalue weighted by atomic mass is 10.2. The number of rotatable bonds is 6. The smallest absolute Gasteiger partial charge is 0.183 e. The number of nitrogens with zero attached hydrogens (tertiary/aromatic N) is 6. The van der Waals surface area contributed by atoms with Gasteiger partial charge in [0.15, 0.2) is 4.47 Å². The lowest BCUT2D eigenvalue weighted by Crippen LogP contribution is -2.05. The molecule has 25 heavy (non-hydrogen) atoms. The SMILES string of the molecule is C/C(=N\OCc1ccc(Cl)nc1)c1nnn(Cc2cnc(Cl)s2)c1C. The van der Waals surface area contributed by atoms with Gasteiger partial charge in [-0.05, 0) is 19.9 Å². The molecule has 0 amide bonds. The normalized spacial score (nSPS) is 11.8. The van der Waals surface area contributed by atoms with Crippen LogP contribution in [0.2, 0.25) is 9.62 Å². The number of pyridine rings is 1. The van der Waals surface area contributed by atoms with E-state index in [9.17, 15) is 0 Å². The zero-order valence-electron chi connectivity index (χ0n) is 13.5. The summed E-state index contributed by atoms with van der Waals surface area (Å²) >= 11 is 13.0. The predicted molar refractivity (Wildman–Crippen MR) is 97.2 cm³/mol. The van der Waals surface area contributed by atoms with Crippen LogP contribution in [-0.4, -0.2) is 30.7 Å². The van der Waals surface area contributed by atoms with Gasteiger partial charge >= 0.3 is 0 Å². The third-order valence-electron chi connectivity index (χ3n) is 3.38. The molecule has 0 saturated carbocycles. The second kappa shape index (κ2) is 7.90. The van der Waals surface area contributed by atoms with Gasteiger partial charge in [-0.15, -0.1) is 16.4 Å². The summed E-state index contributed by atoms with van der Waals surface area (Å²) in [5.74, 6) is 0. The molecule has 0 N–H and O–H groups in total. The van der Waals surface area contributed by atoms with Crippen LogP contribution in [0.25, 0.3) is 0 Å². The molecule has 7 nitrogen and oxygen atoms in total. The second-order valence-electron chi connectivity index (χ2n) is 5.20. The van der Waals surface area contributed by atoms with Gasteiger partial charge in [-0.25, -0.2) is 14.6 Å². The molecule has 0 bridgehead atoms. The van der Waals surface area contributed by atoms with Gasteiger partial charge in [0.2, 0.25) is 0 Å². The molecule has 0 aliphatic heterocycles. The zero-order valence-corrected chi connectivity index (χ0v) is 15.8. The first-order valence-electron chi connectivity index (χ1n) is 7.30. The van der Waals surface area contributed by atoms with Crippen molar-refractivity contribution in [1.29, 1.82) is 0 Å². The van der Waals surface area contributed by atoms with Crippen LogP contribution in [0, 0.1) is 6.92 Å². The number of halogens is 2. The highest BCUT2D eigenvalue weighted by atomic mass is 35.5. The molecule has 0 saturated heterocycles. The first-order valence-corrected chi connectivity index (χ1v) is 8.88. The van der Waals surface area contributed by atoms with Crippen molar-refractivity contribution in [3.05, 3.63) is 56.0 Å². The molecule has 0 aliphatic rings. The molecule has 0 atom stereocenters. The Labute approximate surface area is 158 Å². The summed E-state index contributed by atoms with van der Waals surface area (Å²) in [6.45, 7) is 4.62. The lowest BCUT2D eigenvalue weighted by Gasteiger charge is -2.03. The first kappa shape index (κ1) is 17.8. The average molecular weight is 397 g/mol. The van der Waals surface area contributed by atoms with E-state index < -0.39 is 0 Å². The molecule has 3 aromatic heterocycles. The Morgan fingerprint density at radius 2 is 2.12 bits per heavy atom. The van der Waals surface area contributed by atoms with Gasteiger partial charge < -0.3 is 4.84 Å². The Bertz CT molecular complexity index is 890. The van der Waals surface area contributed by atoms with E-state index in [2.05, 4.69) is 25.4 Å². The van der Waals surface area contributed by atoms with Crippen molar-refractivity contribution in [3.63, 3.8) is 0 Å². The van der Waals surface area contributed by atoms with Crippen LogP contribution in [0.1, 0.15) is 28.8 Å². The summed E-state index contributed by atoms with van der Waals surface area (Å²) < 4.78 is 2.29. The Morgan fingerprint density at radius 1 is 1.28 bits per heavy atom. The summed E-state index contributed by atoms with van der Waals surface area (Å²) in [4.78, 5) is 14.4. The first-order chi connectivity index (χ1) is 12.0. The maximum Gasteiger partial charge on any atom is 0.183 e. The molecular formula is C15H14Cl2N6OS. The highest BCUT2D eigenvalue weighted by Gasteiger charge is 2.13. The Morgan fingerprint density at radius 3 is 2.80 bits per heavy atom. The maximum atomic E-state index is 5.85. The highest BCUT2D eigenvalue weighted by Crippen LogP contribution is 2.19. The number of aromatic nitrogens is 5. The van der Waals surface area contributed by atoms with Crippen molar-refractivity contribution < 1.29 is 4.84 Å². The van der Waals surface area contributed by atoms with E-state index in [1.165, 1.54) is 11.3 Å². The molecule has 0 fully saturated rings. The van der Waals surface area contributed by atoms with E-state index in [0.717, 1.165) is 16.1 Å². The Hall–Kier alpha value is -2.03. The quantitative estimate of drug-likeness (QED) is 0.360. The molecule has 10 heteroatoms. The number of hydrogen-bond acceptors (Lipinski definition) is 7. The van der Waals surface area contributed by atoms with Crippen LogP contribution in [0.15, 0.2) is 29.7 Å². The largest absolute Gasteiger partial charge is 0.391 e. The van der Waals surface area contributed by atoms with Crippen LogP contribution in [0.5, 0.6) is 0 Å². The van der Waals surface area contributed by atoms with Crippen LogP contribution < -0.4 is 0 Å². The van der Waals surface area contributed by atoms with Gasteiger partial charge in [-0.3, -0.25) is 0 Å². The van der Waals surface area contributed by atoms with Crippen molar-refractivity contribution >= 4 is 40.3 Å². The molecule has 3 heterocycles. The fourth-order valence-electron chi connectivity index (χ4n) is 2.09. The van der Waals surface area contributed by atoms with E-state index in [4.69, 9.17) is 28.0 Å². The van der Waals surface area contributed by atoms with Crippen molar-refractivity contribution in [1.82, 2.24) is 25.0 Å². The topological polar surface area (TPSA) is 78.1 Å². The second-order valence-corrected chi connectivity index (χ2v) is 7.28. The van der Waals surface area contributed by atoms with Crippen molar-refractivity contribution in [2.24, 2.45) is 5.16 Å².